The van der Waals surface area contributed by atoms with Gasteiger partial charge in [-0.3, -0.25) is 4.90 Å². The van der Waals surface area contributed by atoms with Crippen LogP contribution in [0.5, 0.6) is 0 Å². The first kappa shape index (κ1) is 15.3. The lowest BCUT2D eigenvalue weighted by molar-refractivity contribution is 0.161. The zero-order valence-electron chi connectivity index (χ0n) is 13.3. The van der Waals surface area contributed by atoms with Gasteiger partial charge in [-0.2, -0.15) is 5.26 Å². The lowest BCUT2D eigenvalue weighted by Gasteiger charge is -2.37. The average Bonchev–Trinajstić information content (AvgIpc) is 2.61. The van der Waals surface area contributed by atoms with E-state index in [-0.39, 0.29) is 5.92 Å². The molecule has 1 atom stereocenters. The van der Waals surface area contributed by atoms with Crippen molar-refractivity contribution in [1.82, 2.24) is 9.80 Å². The minimum atomic E-state index is 0.253. The predicted octanol–water partition coefficient (Wildman–Crippen LogP) is 2.04. The van der Waals surface area contributed by atoms with Crippen LogP contribution < -0.4 is 4.90 Å². The number of hydrogen-bond donors (Lipinski definition) is 0. The van der Waals surface area contributed by atoms with E-state index in [1.807, 2.05) is 0 Å². The quantitative estimate of drug-likeness (QED) is 0.852. The third-order valence-electron chi connectivity index (χ3n) is 4.91. The molecule has 0 radical (unpaired) electrons. The SMILES string of the molecule is N#C[C@@H]1CCCN(CCN2CCN(c3ccccc3)CC2)C1. The average molecular weight is 298 g/mol. The molecule has 0 bridgehead atoms. The molecule has 4 heteroatoms. The molecule has 0 amide bonds. The van der Waals surface area contributed by atoms with Gasteiger partial charge in [-0.05, 0) is 31.5 Å². The number of likely N-dealkylation sites (tertiary alicyclic amines) is 1. The van der Waals surface area contributed by atoms with E-state index >= 15 is 0 Å². The minimum Gasteiger partial charge on any atom is -0.369 e. The first-order valence-corrected chi connectivity index (χ1v) is 8.49. The standard InChI is InChI=1S/C18H26N4/c19-15-17-5-4-8-21(16-17)10-9-20-11-13-22(14-12-20)18-6-2-1-3-7-18/h1-3,6-7,17H,4-5,8-14,16H2/t17-/m0/s1. The van der Waals surface area contributed by atoms with Gasteiger partial charge in [-0.25, -0.2) is 0 Å². The van der Waals surface area contributed by atoms with Crippen LogP contribution in [-0.4, -0.2) is 62.2 Å². The normalized spacial score (nSPS) is 24.1. The Morgan fingerprint density at radius 3 is 2.41 bits per heavy atom. The summed E-state index contributed by atoms with van der Waals surface area (Å²) in [6.45, 7) is 8.91. The molecule has 0 spiro atoms. The molecule has 2 heterocycles. The van der Waals surface area contributed by atoms with E-state index in [1.165, 1.54) is 18.7 Å². The van der Waals surface area contributed by atoms with E-state index in [4.69, 9.17) is 5.26 Å². The first-order valence-electron chi connectivity index (χ1n) is 8.49. The summed E-state index contributed by atoms with van der Waals surface area (Å²) in [6, 6.07) is 13.1. The van der Waals surface area contributed by atoms with E-state index in [0.717, 1.165) is 52.2 Å². The summed E-state index contributed by atoms with van der Waals surface area (Å²) in [5.74, 6) is 0.253. The van der Waals surface area contributed by atoms with Crippen molar-refractivity contribution in [3.63, 3.8) is 0 Å². The van der Waals surface area contributed by atoms with E-state index in [2.05, 4.69) is 51.1 Å². The number of para-hydroxylation sites is 1. The molecule has 0 unspecified atom stereocenters. The summed E-state index contributed by atoms with van der Waals surface area (Å²) in [5, 5.41) is 9.07. The van der Waals surface area contributed by atoms with Gasteiger partial charge in [0.05, 0.1) is 12.0 Å². The summed E-state index contributed by atoms with van der Waals surface area (Å²) < 4.78 is 0. The fourth-order valence-corrected chi connectivity index (χ4v) is 3.52. The van der Waals surface area contributed by atoms with Crippen LogP contribution in [0, 0.1) is 17.2 Å². The zero-order chi connectivity index (χ0) is 15.2. The summed E-state index contributed by atoms with van der Waals surface area (Å²) in [5.41, 5.74) is 1.34. The van der Waals surface area contributed by atoms with Crippen LogP contribution >= 0.6 is 0 Å². The summed E-state index contributed by atoms with van der Waals surface area (Å²) in [7, 11) is 0. The van der Waals surface area contributed by atoms with E-state index in [1.54, 1.807) is 0 Å². The number of benzene rings is 1. The molecule has 22 heavy (non-hydrogen) atoms. The van der Waals surface area contributed by atoms with Crippen LogP contribution in [0.4, 0.5) is 5.69 Å². The third-order valence-corrected chi connectivity index (χ3v) is 4.91. The molecule has 2 fully saturated rings. The molecule has 118 valence electrons. The Hall–Kier alpha value is -1.57. The van der Waals surface area contributed by atoms with Crippen molar-refractivity contribution >= 4 is 5.69 Å². The van der Waals surface area contributed by atoms with Gasteiger partial charge >= 0.3 is 0 Å². The van der Waals surface area contributed by atoms with Gasteiger partial charge in [-0.15, -0.1) is 0 Å². The number of nitriles is 1. The molecular weight excluding hydrogens is 272 g/mol. The zero-order valence-corrected chi connectivity index (χ0v) is 13.3. The molecule has 2 aliphatic heterocycles. The lowest BCUT2D eigenvalue weighted by Crippen LogP contribution is -2.49. The highest BCUT2D eigenvalue weighted by Gasteiger charge is 2.21. The molecule has 0 saturated carbocycles. The Labute approximate surface area is 133 Å². The predicted molar refractivity (Wildman–Crippen MR) is 89.9 cm³/mol. The Morgan fingerprint density at radius 2 is 1.68 bits per heavy atom. The van der Waals surface area contributed by atoms with Gasteiger partial charge in [0.15, 0.2) is 0 Å². The summed E-state index contributed by atoms with van der Waals surface area (Å²) >= 11 is 0. The number of rotatable bonds is 4. The van der Waals surface area contributed by atoms with Crippen molar-refractivity contribution in [1.29, 1.82) is 5.26 Å². The van der Waals surface area contributed by atoms with Gasteiger partial charge in [0.2, 0.25) is 0 Å². The molecule has 3 rings (SSSR count). The second-order valence-corrected chi connectivity index (χ2v) is 6.43. The highest BCUT2D eigenvalue weighted by atomic mass is 15.3. The van der Waals surface area contributed by atoms with Gasteiger partial charge < -0.3 is 9.80 Å². The fraction of sp³-hybridized carbons (Fsp3) is 0.611. The van der Waals surface area contributed by atoms with E-state index < -0.39 is 0 Å². The van der Waals surface area contributed by atoms with Crippen molar-refractivity contribution in [3.05, 3.63) is 30.3 Å². The maximum Gasteiger partial charge on any atom is 0.0669 e. The van der Waals surface area contributed by atoms with Crippen molar-refractivity contribution in [2.24, 2.45) is 5.92 Å². The summed E-state index contributed by atoms with van der Waals surface area (Å²) in [6.07, 6.45) is 2.27. The molecule has 4 nitrogen and oxygen atoms in total. The number of piperidine rings is 1. The highest BCUT2D eigenvalue weighted by Crippen LogP contribution is 2.17. The molecule has 1 aromatic carbocycles. The van der Waals surface area contributed by atoms with Crippen molar-refractivity contribution in [2.45, 2.75) is 12.8 Å². The van der Waals surface area contributed by atoms with E-state index in [9.17, 15) is 0 Å². The Morgan fingerprint density at radius 1 is 0.955 bits per heavy atom. The second-order valence-electron chi connectivity index (χ2n) is 6.43. The second kappa shape index (κ2) is 7.62. The lowest BCUT2D eigenvalue weighted by atomic mass is 10.00. The van der Waals surface area contributed by atoms with Crippen LogP contribution in [-0.2, 0) is 0 Å². The largest absolute Gasteiger partial charge is 0.369 e. The van der Waals surface area contributed by atoms with Gasteiger partial charge in [0.25, 0.3) is 0 Å². The molecule has 0 aliphatic carbocycles. The van der Waals surface area contributed by atoms with Crippen LogP contribution in [0.2, 0.25) is 0 Å². The molecule has 2 aliphatic rings. The smallest absolute Gasteiger partial charge is 0.0669 e. The Balaban J connectivity index is 1.40. The van der Waals surface area contributed by atoms with Gasteiger partial charge in [0, 0.05) is 51.5 Å². The van der Waals surface area contributed by atoms with Gasteiger partial charge in [-0.1, -0.05) is 18.2 Å². The number of piperazine rings is 1. The van der Waals surface area contributed by atoms with Crippen LogP contribution in [0.1, 0.15) is 12.8 Å². The first-order chi connectivity index (χ1) is 10.8. The highest BCUT2D eigenvalue weighted by molar-refractivity contribution is 5.46. The number of hydrogen-bond acceptors (Lipinski definition) is 4. The van der Waals surface area contributed by atoms with Crippen LogP contribution in [0.3, 0.4) is 0 Å². The number of anilines is 1. The van der Waals surface area contributed by atoms with Crippen LogP contribution in [0.25, 0.3) is 0 Å². The maximum atomic E-state index is 9.07. The Bertz CT molecular complexity index is 488. The van der Waals surface area contributed by atoms with Gasteiger partial charge in [0.1, 0.15) is 0 Å². The van der Waals surface area contributed by atoms with Crippen molar-refractivity contribution < 1.29 is 0 Å². The molecule has 0 N–H and O–H groups in total. The molecular formula is C18H26N4. The monoisotopic (exact) mass is 298 g/mol. The molecule has 2 saturated heterocycles. The molecule has 0 aromatic heterocycles. The number of nitrogens with zero attached hydrogens (tertiary/aromatic N) is 4. The Kier molecular flexibility index (Phi) is 5.31. The van der Waals surface area contributed by atoms with E-state index in [0.29, 0.717) is 0 Å². The maximum absolute atomic E-state index is 9.07. The summed E-state index contributed by atoms with van der Waals surface area (Å²) in [4.78, 5) is 7.51. The fourth-order valence-electron chi connectivity index (χ4n) is 3.52. The van der Waals surface area contributed by atoms with Crippen molar-refractivity contribution in [2.75, 3.05) is 57.3 Å². The van der Waals surface area contributed by atoms with Crippen LogP contribution in [0.15, 0.2) is 30.3 Å². The minimum absolute atomic E-state index is 0.253. The molecule has 1 aromatic rings. The third kappa shape index (κ3) is 4.00. The van der Waals surface area contributed by atoms with Crippen molar-refractivity contribution in [3.8, 4) is 6.07 Å². The topological polar surface area (TPSA) is 33.5 Å².